The lowest BCUT2D eigenvalue weighted by Crippen LogP contribution is -2.11. The number of carbonyl (C=O) groups excluding carboxylic acids is 1. The molecule has 0 bridgehead atoms. The molecule has 140 valence electrons. The van der Waals surface area contributed by atoms with E-state index in [0.717, 1.165) is 23.6 Å². The largest absolute Gasteiger partial charge is 0.494 e. The maximum atomic E-state index is 12.4. The molecule has 0 saturated carbocycles. The van der Waals surface area contributed by atoms with Crippen molar-refractivity contribution in [2.24, 2.45) is 0 Å². The van der Waals surface area contributed by atoms with Crippen LogP contribution in [0.15, 0.2) is 54.0 Å². The molecule has 5 nitrogen and oxygen atoms in total. The monoisotopic (exact) mass is 381 g/mol. The Kier molecular flexibility index (Phi) is 6.93. The number of nitrogens with zero attached hydrogens (tertiary/aromatic N) is 2. The molecule has 0 aliphatic heterocycles. The van der Waals surface area contributed by atoms with Gasteiger partial charge in [-0.05, 0) is 42.8 Å². The Morgan fingerprint density at radius 1 is 1.07 bits per heavy atom. The van der Waals surface area contributed by atoms with Gasteiger partial charge in [0.2, 0.25) is 0 Å². The number of unbranched alkanes of at least 4 members (excludes halogenated alkanes) is 3. The summed E-state index contributed by atoms with van der Waals surface area (Å²) in [4.78, 5) is 21.1. The van der Waals surface area contributed by atoms with Crippen molar-refractivity contribution < 1.29 is 9.53 Å². The van der Waals surface area contributed by atoms with Crippen molar-refractivity contribution in [3.63, 3.8) is 0 Å². The van der Waals surface area contributed by atoms with Crippen LogP contribution in [-0.2, 0) is 0 Å². The van der Waals surface area contributed by atoms with Crippen LogP contribution in [0.4, 0.5) is 5.13 Å². The second-order valence-corrected chi connectivity index (χ2v) is 7.00. The molecular formula is C21H23N3O2S. The number of benzene rings is 1. The Labute approximate surface area is 163 Å². The highest BCUT2D eigenvalue weighted by Crippen LogP contribution is 2.23. The number of hydrogen-bond donors (Lipinski definition) is 1. The topological polar surface area (TPSA) is 64.1 Å². The first-order valence-electron chi connectivity index (χ1n) is 9.17. The summed E-state index contributed by atoms with van der Waals surface area (Å²) < 4.78 is 5.71. The molecule has 1 amide bonds. The van der Waals surface area contributed by atoms with Gasteiger partial charge >= 0.3 is 0 Å². The first-order chi connectivity index (χ1) is 13.3. The quantitative estimate of drug-likeness (QED) is 0.503. The maximum absolute atomic E-state index is 12.4. The van der Waals surface area contributed by atoms with E-state index in [1.54, 1.807) is 18.3 Å². The average molecular weight is 382 g/mol. The molecule has 1 aromatic carbocycles. The van der Waals surface area contributed by atoms with Crippen LogP contribution in [0, 0.1) is 0 Å². The van der Waals surface area contributed by atoms with E-state index in [1.807, 2.05) is 35.7 Å². The van der Waals surface area contributed by atoms with Crippen LogP contribution in [0.5, 0.6) is 5.75 Å². The zero-order valence-electron chi connectivity index (χ0n) is 15.4. The number of carbonyl (C=O) groups is 1. The number of aromatic nitrogens is 2. The lowest BCUT2D eigenvalue weighted by atomic mass is 10.2. The Morgan fingerprint density at radius 3 is 2.67 bits per heavy atom. The molecule has 0 aliphatic carbocycles. The van der Waals surface area contributed by atoms with E-state index < -0.39 is 0 Å². The molecule has 0 fully saturated rings. The number of hydrogen-bond acceptors (Lipinski definition) is 5. The van der Waals surface area contributed by atoms with Crippen LogP contribution in [-0.4, -0.2) is 22.5 Å². The van der Waals surface area contributed by atoms with E-state index >= 15 is 0 Å². The van der Waals surface area contributed by atoms with Gasteiger partial charge < -0.3 is 4.74 Å². The van der Waals surface area contributed by atoms with Gasteiger partial charge in [0, 0.05) is 17.1 Å². The normalized spacial score (nSPS) is 10.6. The third-order valence-corrected chi connectivity index (χ3v) is 4.79. The van der Waals surface area contributed by atoms with E-state index in [2.05, 4.69) is 22.2 Å². The van der Waals surface area contributed by atoms with Gasteiger partial charge in [-0.2, -0.15) is 0 Å². The predicted octanol–water partition coefficient (Wildman–Crippen LogP) is 5.42. The molecule has 0 radical (unpaired) electrons. The van der Waals surface area contributed by atoms with Crippen LogP contribution < -0.4 is 10.1 Å². The van der Waals surface area contributed by atoms with E-state index in [9.17, 15) is 4.79 Å². The third-order valence-electron chi connectivity index (χ3n) is 4.04. The van der Waals surface area contributed by atoms with Gasteiger partial charge in [-0.1, -0.05) is 32.3 Å². The number of thiazole rings is 1. The Morgan fingerprint density at radius 2 is 1.93 bits per heavy atom. The summed E-state index contributed by atoms with van der Waals surface area (Å²) in [7, 11) is 0. The number of ether oxygens (including phenoxy) is 1. The lowest BCUT2D eigenvalue weighted by Gasteiger charge is -2.07. The van der Waals surface area contributed by atoms with Crippen LogP contribution in [0.25, 0.3) is 11.4 Å². The highest BCUT2D eigenvalue weighted by molar-refractivity contribution is 7.14. The van der Waals surface area contributed by atoms with Gasteiger partial charge in [0.1, 0.15) is 11.4 Å². The average Bonchev–Trinajstić information content (AvgIpc) is 3.17. The molecule has 0 atom stereocenters. The molecule has 27 heavy (non-hydrogen) atoms. The van der Waals surface area contributed by atoms with Gasteiger partial charge in [-0.3, -0.25) is 15.1 Å². The summed E-state index contributed by atoms with van der Waals surface area (Å²) in [5.41, 5.74) is 2.11. The van der Waals surface area contributed by atoms with Crippen LogP contribution in [0.3, 0.4) is 0 Å². The number of rotatable bonds is 9. The third kappa shape index (κ3) is 5.62. The van der Waals surface area contributed by atoms with Crippen molar-refractivity contribution in [3.8, 4) is 17.1 Å². The minimum Gasteiger partial charge on any atom is -0.494 e. The fraction of sp³-hybridized carbons (Fsp3) is 0.286. The zero-order chi connectivity index (χ0) is 18.9. The SMILES string of the molecule is CCCCCCOc1ccc(C(=O)Nc2nc(-c3ccccn3)cs2)cc1. The highest BCUT2D eigenvalue weighted by atomic mass is 32.1. The van der Waals surface area contributed by atoms with Crippen LogP contribution in [0.2, 0.25) is 0 Å². The first-order valence-corrected chi connectivity index (χ1v) is 10.1. The van der Waals surface area contributed by atoms with Crippen molar-refractivity contribution in [2.75, 3.05) is 11.9 Å². The minimum absolute atomic E-state index is 0.189. The van der Waals surface area contributed by atoms with Crippen molar-refractivity contribution in [1.29, 1.82) is 0 Å². The maximum Gasteiger partial charge on any atom is 0.257 e. The van der Waals surface area contributed by atoms with Gasteiger partial charge in [0.15, 0.2) is 5.13 Å². The molecule has 2 heterocycles. The van der Waals surface area contributed by atoms with E-state index in [4.69, 9.17) is 4.74 Å². The molecule has 6 heteroatoms. The molecule has 0 saturated heterocycles. The summed E-state index contributed by atoms with van der Waals surface area (Å²) in [6, 6.07) is 12.9. The van der Waals surface area contributed by atoms with Crippen molar-refractivity contribution in [1.82, 2.24) is 9.97 Å². The smallest absolute Gasteiger partial charge is 0.257 e. The summed E-state index contributed by atoms with van der Waals surface area (Å²) >= 11 is 1.38. The Balaban J connectivity index is 1.53. The number of pyridine rings is 1. The zero-order valence-corrected chi connectivity index (χ0v) is 16.2. The number of amides is 1. The lowest BCUT2D eigenvalue weighted by molar-refractivity contribution is 0.102. The van der Waals surface area contributed by atoms with Crippen LogP contribution >= 0.6 is 11.3 Å². The number of nitrogens with one attached hydrogen (secondary N) is 1. The van der Waals surface area contributed by atoms with Crippen LogP contribution in [0.1, 0.15) is 43.0 Å². The Hall–Kier alpha value is -2.73. The van der Waals surface area contributed by atoms with E-state index in [-0.39, 0.29) is 5.91 Å². The summed E-state index contributed by atoms with van der Waals surface area (Å²) in [5, 5.41) is 5.27. The fourth-order valence-electron chi connectivity index (χ4n) is 2.55. The van der Waals surface area contributed by atoms with Crippen molar-refractivity contribution in [3.05, 3.63) is 59.6 Å². The second kappa shape index (κ2) is 9.83. The molecule has 3 rings (SSSR count). The minimum atomic E-state index is -0.189. The molecule has 1 N–H and O–H groups in total. The molecule has 2 aromatic heterocycles. The van der Waals surface area contributed by atoms with Gasteiger partial charge in [-0.15, -0.1) is 11.3 Å². The van der Waals surface area contributed by atoms with Gasteiger partial charge in [0.05, 0.1) is 12.3 Å². The van der Waals surface area contributed by atoms with Crippen molar-refractivity contribution in [2.45, 2.75) is 32.6 Å². The van der Waals surface area contributed by atoms with E-state index in [1.165, 1.54) is 30.6 Å². The standard InChI is InChI=1S/C21H23N3O2S/c1-2-3-4-7-14-26-17-11-9-16(10-12-17)20(25)24-21-23-19(15-27-21)18-8-5-6-13-22-18/h5-6,8-13,15H,2-4,7,14H2,1H3,(H,23,24,25). The second-order valence-electron chi connectivity index (χ2n) is 6.14. The number of anilines is 1. The fourth-order valence-corrected chi connectivity index (χ4v) is 3.25. The highest BCUT2D eigenvalue weighted by Gasteiger charge is 2.10. The Bertz CT molecular complexity index is 847. The van der Waals surface area contributed by atoms with E-state index in [0.29, 0.717) is 17.3 Å². The van der Waals surface area contributed by atoms with Gasteiger partial charge in [0.25, 0.3) is 5.91 Å². The molecule has 0 aliphatic rings. The molecule has 0 spiro atoms. The molecule has 0 unspecified atom stereocenters. The van der Waals surface area contributed by atoms with Gasteiger partial charge in [-0.25, -0.2) is 4.98 Å². The summed E-state index contributed by atoms with van der Waals surface area (Å²) in [6.07, 6.45) is 6.41. The molecule has 3 aromatic rings. The summed E-state index contributed by atoms with van der Waals surface area (Å²) in [6.45, 7) is 2.90. The molecular weight excluding hydrogens is 358 g/mol. The predicted molar refractivity (Wildman–Crippen MR) is 109 cm³/mol. The summed E-state index contributed by atoms with van der Waals surface area (Å²) in [5.74, 6) is 0.598. The van der Waals surface area contributed by atoms with Crippen molar-refractivity contribution >= 4 is 22.4 Å². The first kappa shape index (κ1) is 19.0.